The molecule has 23 heavy (non-hydrogen) atoms. The second-order valence-corrected chi connectivity index (χ2v) is 5.65. The Hall–Kier alpha value is -2.50. The number of rotatable bonds is 5. The van der Waals surface area contributed by atoms with E-state index < -0.39 is 0 Å². The SMILES string of the molecule is Cc1cc(C)n(CCC(=O)NCc2ccc3c(c2)OCCO3)n1. The molecule has 0 spiro atoms. The van der Waals surface area contributed by atoms with E-state index in [9.17, 15) is 4.79 Å². The molecule has 2 heterocycles. The fourth-order valence-corrected chi connectivity index (χ4v) is 2.60. The summed E-state index contributed by atoms with van der Waals surface area (Å²) in [5, 5.41) is 7.28. The molecule has 1 amide bonds. The highest BCUT2D eigenvalue weighted by molar-refractivity contribution is 5.75. The Morgan fingerprint density at radius 2 is 2.00 bits per heavy atom. The topological polar surface area (TPSA) is 65.4 Å². The predicted octanol–water partition coefficient (Wildman–Crippen LogP) is 1.98. The molecule has 1 aromatic heterocycles. The van der Waals surface area contributed by atoms with E-state index in [1.165, 1.54) is 0 Å². The van der Waals surface area contributed by atoms with Crippen LogP contribution in [0.25, 0.3) is 0 Å². The summed E-state index contributed by atoms with van der Waals surface area (Å²) in [6.45, 7) is 6.15. The average Bonchev–Trinajstić information content (AvgIpc) is 2.88. The van der Waals surface area contributed by atoms with Crippen molar-refractivity contribution >= 4 is 5.91 Å². The lowest BCUT2D eigenvalue weighted by Crippen LogP contribution is -2.24. The number of benzene rings is 1. The maximum atomic E-state index is 12.0. The first-order valence-electron chi connectivity index (χ1n) is 7.78. The maximum absolute atomic E-state index is 12.0. The number of nitrogens with one attached hydrogen (secondary N) is 1. The first-order chi connectivity index (χ1) is 11.1. The zero-order chi connectivity index (χ0) is 16.2. The number of hydrogen-bond donors (Lipinski definition) is 1. The molecule has 0 atom stereocenters. The standard InChI is InChI=1S/C17H21N3O3/c1-12-9-13(2)20(19-12)6-5-17(21)18-11-14-3-4-15-16(10-14)23-8-7-22-15/h3-4,9-10H,5-8,11H2,1-2H3,(H,18,21). The highest BCUT2D eigenvalue weighted by Crippen LogP contribution is 2.30. The minimum Gasteiger partial charge on any atom is -0.486 e. The van der Waals surface area contributed by atoms with Gasteiger partial charge in [-0.25, -0.2) is 0 Å². The van der Waals surface area contributed by atoms with Gasteiger partial charge in [0.15, 0.2) is 11.5 Å². The van der Waals surface area contributed by atoms with Gasteiger partial charge in [-0.3, -0.25) is 9.48 Å². The molecule has 1 aliphatic heterocycles. The summed E-state index contributed by atoms with van der Waals surface area (Å²) in [6.07, 6.45) is 0.409. The smallest absolute Gasteiger partial charge is 0.222 e. The zero-order valence-corrected chi connectivity index (χ0v) is 13.5. The van der Waals surface area contributed by atoms with Crippen LogP contribution >= 0.6 is 0 Å². The second-order valence-electron chi connectivity index (χ2n) is 5.65. The van der Waals surface area contributed by atoms with Crippen molar-refractivity contribution in [3.63, 3.8) is 0 Å². The van der Waals surface area contributed by atoms with Crippen LogP contribution in [0.1, 0.15) is 23.4 Å². The summed E-state index contributed by atoms with van der Waals surface area (Å²) in [7, 11) is 0. The Kier molecular flexibility index (Phi) is 4.50. The Morgan fingerprint density at radius 1 is 1.22 bits per heavy atom. The number of aromatic nitrogens is 2. The van der Waals surface area contributed by atoms with Crippen LogP contribution in [0.4, 0.5) is 0 Å². The average molecular weight is 315 g/mol. The van der Waals surface area contributed by atoms with E-state index in [1.54, 1.807) is 0 Å². The van der Waals surface area contributed by atoms with E-state index in [-0.39, 0.29) is 5.91 Å². The van der Waals surface area contributed by atoms with Crippen LogP contribution in [-0.2, 0) is 17.9 Å². The Morgan fingerprint density at radius 3 is 2.74 bits per heavy atom. The predicted molar refractivity (Wildman–Crippen MR) is 85.6 cm³/mol. The zero-order valence-electron chi connectivity index (χ0n) is 13.5. The lowest BCUT2D eigenvalue weighted by molar-refractivity contribution is -0.121. The minimum absolute atomic E-state index is 0.00689. The van der Waals surface area contributed by atoms with Crippen molar-refractivity contribution in [3.05, 3.63) is 41.2 Å². The lowest BCUT2D eigenvalue weighted by atomic mass is 10.2. The number of fused-ring (bicyclic) bond motifs is 1. The summed E-state index contributed by atoms with van der Waals surface area (Å²) in [6, 6.07) is 7.74. The van der Waals surface area contributed by atoms with Crippen molar-refractivity contribution in [2.24, 2.45) is 0 Å². The molecule has 0 unspecified atom stereocenters. The summed E-state index contributed by atoms with van der Waals surface area (Å²) in [4.78, 5) is 12.0. The van der Waals surface area contributed by atoms with Gasteiger partial charge in [0.1, 0.15) is 13.2 Å². The van der Waals surface area contributed by atoms with Gasteiger partial charge in [0, 0.05) is 25.2 Å². The number of aryl methyl sites for hydroxylation is 3. The Balaban J connectivity index is 1.50. The number of carbonyl (C=O) groups excluding carboxylic acids is 1. The molecular weight excluding hydrogens is 294 g/mol. The van der Waals surface area contributed by atoms with Crippen molar-refractivity contribution in [1.82, 2.24) is 15.1 Å². The van der Waals surface area contributed by atoms with Gasteiger partial charge < -0.3 is 14.8 Å². The van der Waals surface area contributed by atoms with Crippen molar-refractivity contribution in [2.75, 3.05) is 13.2 Å². The molecule has 0 fully saturated rings. The summed E-state index contributed by atoms with van der Waals surface area (Å²) in [5.74, 6) is 1.51. The van der Waals surface area contributed by atoms with Crippen LogP contribution < -0.4 is 14.8 Å². The molecule has 0 saturated heterocycles. The van der Waals surface area contributed by atoms with Gasteiger partial charge in [0.05, 0.1) is 5.69 Å². The van der Waals surface area contributed by atoms with Crippen LogP contribution in [0, 0.1) is 13.8 Å². The van der Waals surface area contributed by atoms with Crippen LogP contribution in [0.3, 0.4) is 0 Å². The van der Waals surface area contributed by atoms with Gasteiger partial charge in [0.25, 0.3) is 0 Å². The lowest BCUT2D eigenvalue weighted by Gasteiger charge is -2.19. The first kappa shape index (κ1) is 15.4. The first-order valence-corrected chi connectivity index (χ1v) is 7.78. The Bertz CT molecular complexity index is 709. The molecule has 1 aliphatic rings. The van der Waals surface area contributed by atoms with Crippen molar-refractivity contribution < 1.29 is 14.3 Å². The van der Waals surface area contributed by atoms with E-state index in [4.69, 9.17) is 9.47 Å². The van der Waals surface area contributed by atoms with E-state index >= 15 is 0 Å². The van der Waals surface area contributed by atoms with Crippen molar-refractivity contribution in [2.45, 2.75) is 33.4 Å². The van der Waals surface area contributed by atoms with Gasteiger partial charge in [-0.05, 0) is 37.6 Å². The summed E-state index contributed by atoms with van der Waals surface area (Å²) in [5.41, 5.74) is 3.04. The molecule has 6 heteroatoms. The number of hydrogen-bond acceptors (Lipinski definition) is 4. The number of nitrogens with zero attached hydrogens (tertiary/aromatic N) is 2. The number of ether oxygens (including phenoxy) is 2. The van der Waals surface area contributed by atoms with Gasteiger partial charge in [-0.15, -0.1) is 0 Å². The molecule has 2 aromatic rings. The maximum Gasteiger partial charge on any atom is 0.222 e. The third-order valence-electron chi connectivity index (χ3n) is 3.75. The monoisotopic (exact) mass is 315 g/mol. The van der Waals surface area contributed by atoms with Crippen LogP contribution in [0.15, 0.2) is 24.3 Å². The van der Waals surface area contributed by atoms with Gasteiger partial charge >= 0.3 is 0 Å². The molecule has 1 aromatic carbocycles. The number of amides is 1. The fraction of sp³-hybridized carbons (Fsp3) is 0.412. The van der Waals surface area contributed by atoms with Gasteiger partial charge in [0.2, 0.25) is 5.91 Å². The van der Waals surface area contributed by atoms with Crippen molar-refractivity contribution in [3.8, 4) is 11.5 Å². The minimum atomic E-state index is 0.00689. The molecule has 0 bridgehead atoms. The van der Waals surface area contributed by atoms with Crippen LogP contribution in [-0.4, -0.2) is 28.9 Å². The van der Waals surface area contributed by atoms with E-state index in [0.29, 0.717) is 32.7 Å². The molecule has 122 valence electrons. The highest BCUT2D eigenvalue weighted by Gasteiger charge is 2.12. The second kappa shape index (κ2) is 6.73. The molecule has 3 rings (SSSR count). The van der Waals surface area contributed by atoms with E-state index in [1.807, 2.05) is 42.8 Å². The van der Waals surface area contributed by atoms with E-state index in [2.05, 4.69) is 10.4 Å². The van der Waals surface area contributed by atoms with Gasteiger partial charge in [-0.1, -0.05) is 6.07 Å². The molecule has 0 aliphatic carbocycles. The third-order valence-corrected chi connectivity index (χ3v) is 3.75. The van der Waals surface area contributed by atoms with Gasteiger partial charge in [-0.2, -0.15) is 5.10 Å². The molecule has 1 N–H and O–H groups in total. The molecule has 0 saturated carbocycles. The molecule has 6 nitrogen and oxygen atoms in total. The molecular formula is C17H21N3O3. The largest absolute Gasteiger partial charge is 0.486 e. The molecule has 0 radical (unpaired) electrons. The van der Waals surface area contributed by atoms with Crippen LogP contribution in [0.5, 0.6) is 11.5 Å². The van der Waals surface area contributed by atoms with Crippen molar-refractivity contribution in [1.29, 1.82) is 0 Å². The summed E-state index contributed by atoms with van der Waals surface area (Å²) >= 11 is 0. The fourth-order valence-electron chi connectivity index (χ4n) is 2.60. The highest BCUT2D eigenvalue weighted by atomic mass is 16.6. The van der Waals surface area contributed by atoms with Crippen LogP contribution in [0.2, 0.25) is 0 Å². The summed E-state index contributed by atoms with van der Waals surface area (Å²) < 4.78 is 12.9. The quantitative estimate of drug-likeness (QED) is 0.916. The Labute approximate surface area is 135 Å². The van der Waals surface area contributed by atoms with E-state index in [0.717, 1.165) is 28.5 Å². The third kappa shape index (κ3) is 3.83. The normalized spacial score (nSPS) is 13.0. The number of carbonyl (C=O) groups is 1.